The van der Waals surface area contributed by atoms with Crippen molar-refractivity contribution < 1.29 is 14.7 Å². The van der Waals surface area contributed by atoms with E-state index in [-0.39, 0.29) is 6.42 Å². The van der Waals surface area contributed by atoms with Gasteiger partial charge in [-0.25, -0.2) is 9.78 Å². The molecule has 1 amide bonds. The van der Waals surface area contributed by atoms with Crippen LogP contribution >= 0.6 is 11.3 Å². The van der Waals surface area contributed by atoms with Gasteiger partial charge in [-0.1, -0.05) is 51.1 Å². The molecule has 1 unspecified atom stereocenters. The van der Waals surface area contributed by atoms with Crippen LogP contribution in [0.5, 0.6) is 0 Å². The molecule has 0 saturated carbocycles. The number of hydrogen-bond acceptors (Lipinski definition) is 4. The molecular weight excluding hydrogens is 470 g/mol. The molecule has 36 heavy (non-hydrogen) atoms. The molecule has 4 rings (SSSR count). The SMILES string of the molecule is CCc1ccc(CC(NC(=O)c2ccc3c(c2)nc(Cc2cccs2)n3C(CC)CC)C(=O)O)cc1. The zero-order chi connectivity index (χ0) is 25.7. The fourth-order valence-electron chi connectivity index (χ4n) is 4.63. The number of nitrogens with one attached hydrogen (secondary N) is 1. The van der Waals surface area contributed by atoms with E-state index in [1.807, 2.05) is 36.4 Å². The van der Waals surface area contributed by atoms with Crippen LogP contribution < -0.4 is 5.32 Å². The lowest BCUT2D eigenvalue weighted by Gasteiger charge is -2.19. The fraction of sp³-hybridized carbons (Fsp3) is 0.345. The summed E-state index contributed by atoms with van der Waals surface area (Å²) in [7, 11) is 0. The first-order valence-corrected chi connectivity index (χ1v) is 13.5. The minimum atomic E-state index is -1.06. The van der Waals surface area contributed by atoms with Gasteiger partial charge in [0.05, 0.1) is 11.0 Å². The normalized spacial score (nSPS) is 12.2. The standard InChI is InChI=1S/C29H33N3O3S/c1-4-19-9-11-20(12-10-19)16-25(29(34)35)31-28(33)21-13-14-26-24(17-21)30-27(18-23-8-7-15-36-23)32(26)22(5-2)6-3/h7-15,17,22,25H,4-6,16,18H2,1-3H3,(H,31,33)(H,34,35). The Balaban J connectivity index is 1.60. The van der Waals surface area contributed by atoms with Crippen LogP contribution in [-0.4, -0.2) is 32.6 Å². The van der Waals surface area contributed by atoms with E-state index in [1.54, 1.807) is 23.5 Å². The van der Waals surface area contributed by atoms with E-state index in [2.05, 4.69) is 42.1 Å². The van der Waals surface area contributed by atoms with E-state index >= 15 is 0 Å². The number of aryl methyl sites for hydroxylation is 1. The highest BCUT2D eigenvalue weighted by molar-refractivity contribution is 7.09. The molecule has 188 valence electrons. The van der Waals surface area contributed by atoms with Gasteiger partial charge in [0.1, 0.15) is 11.9 Å². The second-order valence-electron chi connectivity index (χ2n) is 9.07. The minimum Gasteiger partial charge on any atom is -0.480 e. The monoisotopic (exact) mass is 503 g/mol. The van der Waals surface area contributed by atoms with Crippen LogP contribution in [0.1, 0.15) is 71.8 Å². The number of imidazole rings is 1. The Hall–Kier alpha value is -3.45. The maximum Gasteiger partial charge on any atom is 0.326 e. The quantitative estimate of drug-likeness (QED) is 0.261. The Morgan fingerprint density at radius 3 is 2.36 bits per heavy atom. The maximum absolute atomic E-state index is 13.1. The number of aromatic nitrogens is 2. The Morgan fingerprint density at radius 2 is 1.75 bits per heavy atom. The highest BCUT2D eigenvalue weighted by Gasteiger charge is 2.23. The predicted molar refractivity (Wildman–Crippen MR) is 145 cm³/mol. The molecule has 0 spiro atoms. The number of benzene rings is 2. The summed E-state index contributed by atoms with van der Waals surface area (Å²) in [6, 6.07) is 16.8. The Kier molecular flexibility index (Phi) is 8.21. The van der Waals surface area contributed by atoms with Crippen molar-refractivity contribution in [2.24, 2.45) is 0 Å². The number of carbonyl (C=O) groups is 2. The number of aliphatic carboxylic acids is 1. The number of thiophene rings is 1. The van der Waals surface area contributed by atoms with E-state index in [1.165, 1.54) is 10.4 Å². The van der Waals surface area contributed by atoms with Gasteiger partial charge < -0.3 is 15.0 Å². The molecule has 0 radical (unpaired) electrons. The highest BCUT2D eigenvalue weighted by atomic mass is 32.1. The Labute approximate surface area is 216 Å². The molecule has 1 atom stereocenters. The van der Waals surface area contributed by atoms with Crippen molar-refractivity contribution in [3.05, 3.63) is 87.4 Å². The van der Waals surface area contributed by atoms with Gasteiger partial charge in [-0.3, -0.25) is 4.79 Å². The van der Waals surface area contributed by atoms with Gasteiger partial charge >= 0.3 is 5.97 Å². The lowest BCUT2D eigenvalue weighted by molar-refractivity contribution is -0.139. The number of hydrogen-bond donors (Lipinski definition) is 2. The third-order valence-corrected chi connectivity index (χ3v) is 7.60. The van der Waals surface area contributed by atoms with Gasteiger partial charge in [0.15, 0.2) is 0 Å². The van der Waals surface area contributed by atoms with Crippen LogP contribution in [0.25, 0.3) is 11.0 Å². The Morgan fingerprint density at radius 1 is 1.03 bits per heavy atom. The molecule has 6 nitrogen and oxygen atoms in total. The van der Waals surface area contributed by atoms with Gasteiger partial charge in [-0.05, 0) is 60.0 Å². The Bertz CT molecular complexity index is 1320. The number of amides is 1. The predicted octanol–water partition coefficient (Wildman–Crippen LogP) is 6.04. The molecule has 0 aliphatic heterocycles. The fourth-order valence-corrected chi connectivity index (χ4v) is 5.33. The van der Waals surface area contributed by atoms with E-state index in [0.29, 0.717) is 11.6 Å². The average Bonchev–Trinajstić information content (AvgIpc) is 3.52. The zero-order valence-corrected chi connectivity index (χ0v) is 21.8. The number of nitrogens with zero attached hydrogens (tertiary/aromatic N) is 2. The summed E-state index contributed by atoms with van der Waals surface area (Å²) in [5.41, 5.74) is 4.22. The molecule has 0 aliphatic rings. The molecule has 2 heterocycles. The minimum absolute atomic E-state index is 0.224. The second kappa shape index (κ2) is 11.5. The maximum atomic E-state index is 13.1. The summed E-state index contributed by atoms with van der Waals surface area (Å²) in [6.45, 7) is 6.43. The van der Waals surface area contributed by atoms with Gasteiger partial charge in [0.25, 0.3) is 5.91 Å². The van der Waals surface area contributed by atoms with Gasteiger partial charge in [0.2, 0.25) is 0 Å². The molecule has 2 aromatic heterocycles. The summed E-state index contributed by atoms with van der Waals surface area (Å²) >= 11 is 1.71. The lowest BCUT2D eigenvalue weighted by Crippen LogP contribution is -2.42. The summed E-state index contributed by atoms with van der Waals surface area (Å²) in [5.74, 6) is -0.482. The highest BCUT2D eigenvalue weighted by Crippen LogP contribution is 2.28. The molecule has 0 aliphatic carbocycles. The molecular formula is C29H33N3O3S. The molecule has 7 heteroatoms. The average molecular weight is 504 g/mol. The van der Waals surface area contributed by atoms with Crippen LogP contribution in [0.4, 0.5) is 0 Å². The molecule has 2 N–H and O–H groups in total. The summed E-state index contributed by atoms with van der Waals surface area (Å²) < 4.78 is 2.30. The van der Waals surface area contributed by atoms with Gasteiger partial charge in [-0.2, -0.15) is 0 Å². The van der Waals surface area contributed by atoms with Crippen LogP contribution in [0.3, 0.4) is 0 Å². The molecule has 0 bridgehead atoms. The van der Waals surface area contributed by atoms with E-state index in [0.717, 1.165) is 48.1 Å². The van der Waals surface area contributed by atoms with Gasteiger partial charge in [-0.15, -0.1) is 11.3 Å². The summed E-state index contributed by atoms with van der Waals surface area (Å²) in [5, 5.41) is 14.5. The number of carboxylic acids is 1. The summed E-state index contributed by atoms with van der Waals surface area (Å²) in [6.07, 6.45) is 3.86. The third-order valence-electron chi connectivity index (χ3n) is 6.72. The van der Waals surface area contributed by atoms with Crippen molar-refractivity contribution in [2.75, 3.05) is 0 Å². The second-order valence-corrected chi connectivity index (χ2v) is 10.1. The van der Waals surface area contributed by atoms with Gasteiger partial charge in [0, 0.05) is 29.3 Å². The van der Waals surface area contributed by atoms with Crippen molar-refractivity contribution >= 4 is 34.2 Å². The van der Waals surface area contributed by atoms with E-state index < -0.39 is 17.9 Å². The smallest absolute Gasteiger partial charge is 0.326 e. The number of carboxylic acid groups (broad SMARTS) is 1. The lowest BCUT2D eigenvalue weighted by atomic mass is 10.0. The van der Waals surface area contributed by atoms with E-state index in [4.69, 9.17) is 4.98 Å². The molecule has 0 fully saturated rings. The number of fused-ring (bicyclic) bond motifs is 1. The number of carbonyl (C=O) groups excluding carboxylic acids is 1. The van der Waals surface area contributed by atoms with Crippen molar-refractivity contribution in [3.8, 4) is 0 Å². The van der Waals surface area contributed by atoms with Crippen molar-refractivity contribution in [1.29, 1.82) is 0 Å². The van der Waals surface area contributed by atoms with Crippen molar-refractivity contribution in [2.45, 2.75) is 65.0 Å². The van der Waals surface area contributed by atoms with Crippen LogP contribution in [0.2, 0.25) is 0 Å². The first-order valence-electron chi connectivity index (χ1n) is 12.6. The topological polar surface area (TPSA) is 84.2 Å². The molecule has 2 aromatic carbocycles. The van der Waals surface area contributed by atoms with E-state index in [9.17, 15) is 14.7 Å². The van der Waals surface area contributed by atoms with Crippen LogP contribution in [0, 0.1) is 0 Å². The third kappa shape index (κ3) is 5.68. The van der Waals surface area contributed by atoms with Crippen molar-refractivity contribution in [3.63, 3.8) is 0 Å². The zero-order valence-electron chi connectivity index (χ0n) is 21.0. The van der Waals surface area contributed by atoms with Crippen LogP contribution in [-0.2, 0) is 24.1 Å². The summed E-state index contributed by atoms with van der Waals surface area (Å²) in [4.78, 5) is 31.2. The van der Waals surface area contributed by atoms with Crippen molar-refractivity contribution in [1.82, 2.24) is 14.9 Å². The number of rotatable bonds is 11. The van der Waals surface area contributed by atoms with Crippen LogP contribution in [0.15, 0.2) is 60.0 Å². The first kappa shape index (κ1) is 25.6. The first-order chi connectivity index (χ1) is 17.4. The molecule has 0 saturated heterocycles. The molecule has 4 aromatic rings. The largest absolute Gasteiger partial charge is 0.480 e.